The third-order valence-electron chi connectivity index (χ3n) is 4.10. The molecule has 0 aliphatic heterocycles. The zero-order valence-electron chi connectivity index (χ0n) is 16.6. The van der Waals surface area contributed by atoms with Gasteiger partial charge in [-0.1, -0.05) is 18.2 Å². The number of nitrogens with zero attached hydrogens (tertiary/aromatic N) is 1. The van der Waals surface area contributed by atoms with E-state index < -0.39 is 10.0 Å². The van der Waals surface area contributed by atoms with E-state index >= 15 is 0 Å². The van der Waals surface area contributed by atoms with Crippen molar-refractivity contribution in [2.45, 2.75) is 18.4 Å². The van der Waals surface area contributed by atoms with Crippen LogP contribution in [0.5, 0.6) is 5.75 Å². The Kier molecular flexibility index (Phi) is 8.63. The molecule has 0 radical (unpaired) electrons. The van der Waals surface area contributed by atoms with Gasteiger partial charge in [0, 0.05) is 37.3 Å². The highest BCUT2D eigenvalue weighted by molar-refractivity contribution is 9.10. The van der Waals surface area contributed by atoms with Crippen molar-refractivity contribution in [3.05, 3.63) is 58.1 Å². The first-order chi connectivity index (χ1) is 13.8. The van der Waals surface area contributed by atoms with E-state index in [1.807, 2.05) is 31.2 Å². The van der Waals surface area contributed by atoms with Crippen molar-refractivity contribution in [2.75, 3.05) is 33.9 Å². The monoisotopic (exact) mass is 484 g/mol. The second-order valence-corrected chi connectivity index (χ2v) is 8.86. The Balaban J connectivity index is 2.24. The minimum atomic E-state index is -3.75. The standard InChI is InChI=1S/C20H25BrN2O5S/c1-4-28-19-8-6-5-7-15(19)14-23(2)20(24)17-13-16(9-10-18(17)21)29(25,26)22-11-12-27-3/h5-10,13,22H,4,11-12,14H2,1-3H3. The lowest BCUT2D eigenvalue weighted by Crippen LogP contribution is -2.29. The van der Waals surface area contributed by atoms with Crippen LogP contribution in [0.2, 0.25) is 0 Å². The summed E-state index contributed by atoms with van der Waals surface area (Å²) in [5, 5.41) is 0. The Morgan fingerprint density at radius 1 is 1.21 bits per heavy atom. The lowest BCUT2D eigenvalue weighted by atomic mass is 10.1. The molecule has 0 bridgehead atoms. The third-order valence-corrected chi connectivity index (χ3v) is 6.25. The van der Waals surface area contributed by atoms with Crippen LogP contribution in [0.4, 0.5) is 0 Å². The number of para-hydroxylation sites is 1. The number of hydrogen-bond donors (Lipinski definition) is 1. The summed E-state index contributed by atoms with van der Waals surface area (Å²) >= 11 is 3.35. The first-order valence-corrected chi connectivity index (χ1v) is 11.3. The molecule has 0 atom stereocenters. The molecule has 0 saturated carbocycles. The molecule has 1 amide bonds. The van der Waals surface area contributed by atoms with Crippen LogP contribution in [0, 0.1) is 0 Å². The van der Waals surface area contributed by atoms with Crippen molar-refractivity contribution in [3.63, 3.8) is 0 Å². The first-order valence-electron chi connectivity index (χ1n) is 9.04. The molecule has 0 saturated heterocycles. The highest BCUT2D eigenvalue weighted by Gasteiger charge is 2.21. The second kappa shape index (κ2) is 10.7. The fraction of sp³-hybridized carbons (Fsp3) is 0.350. The fourth-order valence-electron chi connectivity index (χ4n) is 2.66. The van der Waals surface area contributed by atoms with Gasteiger partial charge in [-0.2, -0.15) is 0 Å². The van der Waals surface area contributed by atoms with E-state index in [2.05, 4.69) is 20.7 Å². The molecule has 0 fully saturated rings. The van der Waals surface area contributed by atoms with Gasteiger partial charge in [0.2, 0.25) is 10.0 Å². The summed E-state index contributed by atoms with van der Waals surface area (Å²) in [4.78, 5) is 14.5. The lowest BCUT2D eigenvalue weighted by molar-refractivity contribution is 0.0783. The SMILES string of the molecule is CCOc1ccccc1CN(C)C(=O)c1cc(S(=O)(=O)NCCOC)ccc1Br. The molecule has 2 aromatic rings. The largest absolute Gasteiger partial charge is 0.494 e. The summed E-state index contributed by atoms with van der Waals surface area (Å²) in [5.74, 6) is 0.407. The smallest absolute Gasteiger partial charge is 0.255 e. The molecule has 9 heteroatoms. The van der Waals surface area contributed by atoms with Gasteiger partial charge in [-0.05, 0) is 47.1 Å². The molecular weight excluding hydrogens is 460 g/mol. The molecule has 7 nitrogen and oxygen atoms in total. The number of ether oxygens (including phenoxy) is 2. The van der Waals surface area contributed by atoms with Gasteiger partial charge in [0.15, 0.2) is 0 Å². The second-order valence-electron chi connectivity index (χ2n) is 6.23. The van der Waals surface area contributed by atoms with Crippen LogP contribution in [0.3, 0.4) is 0 Å². The van der Waals surface area contributed by atoms with Crippen molar-refractivity contribution in [3.8, 4) is 5.75 Å². The maximum absolute atomic E-state index is 13.0. The minimum absolute atomic E-state index is 0.0169. The van der Waals surface area contributed by atoms with Crippen molar-refractivity contribution < 1.29 is 22.7 Å². The molecule has 1 N–H and O–H groups in total. The van der Waals surface area contributed by atoms with Gasteiger partial charge in [-0.3, -0.25) is 4.79 Å². The summed E-state index contributed by atoms with van der Waals surface area (Å²) in [5.41, 5.74) is 1.13. The number of carbonyl (C=O) groups is 1. The predicted molar refractivity (Wildman–Crippen MR) is 115 cm³/mol. The molecule has 0 aliphatic rings. The zero-order chi connectivity index (χ0) is 21.4. The van der Waals surface area contributed by atoms with Crippen molar-refractivity contribution in [2.24, 2.45) is 0 Å². The lowest BCUT2D eigenvalue weighted by Gasteiger charge is -2.20. The van der Waals surface area contributed by atoms with Crippen LogP contribution >= 0.6 is 15.9 Å². The summed E-state index contributed by atoms with van der Waals surface area (Å²) < 4.78 is 38.3. The van der Waals surface area contributed by atoms with E-state index in [1.54, 1.807) is 13.1 Å². The van der Waals surface area contributed by atoms with Gasteiger partial charge < -0.3 is 14.4 Å². The van der Waals surface area contributed by atoms with E-state index in [4.69, 9.17) is 9.47 Å². The van der Waals surface area contributed by atoms with Crippen LogP contribution in [0.1, 0.15) is 22.8 Å². The van der Waals surface area contributed by atoms with Gasteiger partial charge >= 0.3 is 0 Å². The van der Waals surface area contributed by atoms with Crippen molar-refractivity contribution in [1.82, 2.24) is 9.62 Å². The van der Waals surface area contributed by atoms with Crippen molar-refractivity contribution in [1.29, 1.82) is 0 Å². The quantitative estimate of drug-likeness (QED) is 0.523. The number of amides is 1. The minimum Gasteiger partial charge on any atom is -0.494 e. The molecule has 158 valence electrons. The average molecular weight is 485 g/mol. The molecule has 0 aromatic heterocycles. The highest BCUT2D eigenvalue weighted by atomic mass is 79.9. The van der Waals surface area contributed by atoms with E-state index in [9.17, 15) is 13.2 Å². The summed E-state index contributed by atoms with van der Waals surface area (Å²) in [6.45, 7) is 3.14. The average Bonchev–Trinajstić information content (AvgIpc) is 2.69. The molecule has 0 unspecified atom stereocenters. The molecular formula is C20H25BrN2O5S. The van der Waals surface area contributed by atoms with Gasteiger partial charge in [-0.15, -0.1) is 0 Å². The van der Waals surface area contributed by atoms with E-state index in [1.165, 1.54) is 24.1 Å². The maximum atomic E-state index is 13.0. The Labute approximate surface area is 180 Å². The Morgan fingerprint density at radius 2 is 1.93 bits per heavy atom. The third kappa shape index (κ3) is 6.27. The van der Waals surface area contributed by atoms with Gasteiger partial charge in [0.25, 0.3) is 5.91 Å². The Hall–Kier alpha value is -1.94. The summed E-state index contributed by atoms with van der Waals surface area (Å²) in [7, 11) is -0.593. The fourth-order valence-corrected chi connectivity index (χ4v) is 4.12. The van der Waals surface area contributed by atoms with Crippen LogP contribution < -0.4 is 9.46 Å². The maximum Gasteiger partial charge on any atom is 0.255 e. The summed E-state index contributed by atoms with van der Waals surface area (Å²) in [6.07, 6.45) is 0. The van der Waals surface area contributed by atoms with Crippen LogP contribution in [-0.2, 0) is 21.3 Å². The van der Waals surface area contributed by atoms with Crippen LogP contribution in [0.15, 0.2) is 51.8 Å². The number of nitrogens with one attached hydrogen (secondary N) is 1. The van der Waals surface area contributed by atoms with Gasteiger partial charge in [0.1, 0.15) is 5.75 Å². The highest BCUT2D eigenvalue weighted by Crippen LogP contribution is 2.24. The molecule has 29 heavy (non-hydrogen) atoms. The molecule has 2 rings (SSSR count). The number of halogens is 1. The number of methoxy groups -OCH3 is 1. The molecule has 0 aliphatic carbocycles. The normalized spacial score (nSPS) is 11.3. The van der Waals surface area contributed by atoms with E-state index in [0.29, 0.717) is 23.4 Å². The van der Waals surface area contributed by atoms with E-state index in [0.717, 1.165) is 5.56 Å². The molecule has 0 heterocycles. The van der Waals surface area contributed by atoms with Gasteiger partial charge in [0.05, 0.1) is 23.7 Å². The number of rotatable bonds is 10. The number of sulfonamides is 1. The van der Waals surface area contributed by atoms with Gasteiger partial charge in [-0.25, -0.2) is 13.1 Å². The summed E-state index contributed by atoms with van der Waals surface area (Å²) in [6, 6.07) is 11.9. The zero-order valence-corrected chi connectivity index (χ0v) is 19.0. The Bertz CT molecular complexity index is 950. The van der Waals surface area contributed by atoms with E-state index in [-0.39, 0.29) is 29.5 Å². The van der Waals surface area contributed by atoms with Crippen LogP contribution in [-0.4, -0.2) is 53.1 Å². The number of hydrogen-bond acceptors (Lipinski definition) is 5. The number of benzene rings is 2. The topological polar surface area (TPSA) is 84.9 Å². The van der Waals surface area contributed by atoms with Crippen LogP contribution in [0.25, 0.3) is 0 Å². The molecule has 2 aromatic carbocycles. The Morgan fingerprint density at radius 3 is 2.62 bits per heavy atom. The number of carbonyl (C=O) groups excluding carboxylic acids is 1. The predicted octanol–water partition coefficient (Wildman–Crippen LogP) is 3.04. The van der Waals surface area contributed by atoms with Crippen molar-refractivity contribution >= 4 is 31.9 Å². The molecule has 0 spiro atoms. The first kappa shape index (κ1) is 23.3.